The SMILES string of the molecule is NCCCS(=O)(=O)NCC1CCCCO1. The van der Waals surface area contributed by atoms with Crippen LogP contribution in [0.5, 0.6) is 0 Å². The molecule has 3 N–H and O–H groups in total. The summed E-state index contributed by atoms with van der Waals surface area (Å²) in [5.41, 5.74) is 5.26. The van der Waals surface area contributed by atoms with Gasteiger partial charge in [0.05, 0.1) is 11.9 Å². The molecular formula is C9H20N2O3S. The van der Waals surface area contributed by atoms with Crippen molar-refractivity contribution >= 4 is 10.0 Å². The lowest BCUT2D eigenvalue weighted by Gasteiger charge is -2.22. The average Bonchev–Trinajstić information content (AvgIpc) is 2.25. The summed E-state index contributed by atoms with van der Waals surface area (Å²) >= 11 is 0. The van der Waals surface area contributed by atoms with Crippen LogP contribution in [0.15, 0.2) is 0 Å². The Labute approximate surface area is 91.4 Å². The number of sulfonamides is 1. The first kappa shape index (κ1) is 12.9. The smallest absolute Gasteiger partial charge is 0.211 e. The topological polar surface area (TPSA) is 81.4 Å². The maximum atomic E-state index is 11.4. The molecule has 6 heteroatoms. The maximum absolute atomic E-state index is 11.4. The molecule has 0 spiro atoms. The molecule has 1 unspecified atom stereocenters. The van der Waals surface area contributed by atoms with E-state index in [-0.39, 0.29) is 11.9 Å². The highest BCUT2D eigenvalue weighted by Crippen LogP contribution is 2.11. The van der Waals surface area contributed by atoms with E-state index in [2.05, 4.69) is 4.72 Å². The fourth-order valence-corrected chi connectivity index (χ4v) is 2.66. The van der Waals surface area contributed by atoms with Crippen molar-refractivity contribution in [2.75, 3.05) is 25.4 Å². The first-order valence-electron chi connectivity index (χ1n) is 5.43. The Kier molecular flexibility index (Phi) is 5.52. The van der Waals surface area contributed by atoms with E-state index in [0.717, 1.165) is 25.9 Å². The molecule has 1 fully saturated rings. The maximum Gasteiger partial charge on any atom is 0.211 e. The standard InChI is InChI=1S/C9H20N2O3S/c10-5-3-7-15(12,13)11-8-9-4-1-2-6-14-9/h9,11H,1-8,10H2. The van der Waals surface area contributed by atoms with E-state index in [4.69, 9.17) is 10.5 Å². The monoisotopic (exact) mass is 236 g/mol. The van der Waals surface area contributed by atoms with E-state index >= 15 is 0 Å². The number of hydrogen-bond acceptors (Lipinski definition) is 4. The van der Waals surface area contributed by atoms with Crippen LogP contribution in [-0.4, -0.2) is 40.0 Å². The Morgan fingerprint density at radius 3 is 2.80 bits per heavy atom. The van der Waals surface area contributed by atoms with E-state index in [0.29, 0.717) is 19.5 Å². The van der Waals surface area contributed by atoms with Crippen LogP contribution in [0.4, 0.5) is 0 Å². The highest BCUT2D eigenvalue weighted by atomic mass is 32.2. The minimum atomic E-state index is -3.15. The molecule has 0 aromatic heterocycles. The molecule has 1 atom stereocenters. The molecule has 0 saturated carbocycles. The molecule has 15 heavy (non-hydrogen) atoms. The number of rotatable bonds is 6. The van der Waals surface area contributed by atoms with Crippen molar-refractivity contribution in [3.63, 3.8) is 0 Å². The number of nitrogens with two attached hydrogens (primary N) is 1. The van der Waals surface area contributed by atoms with Gasteiger partial charge in [-0.1, -0.05) is 0 Å². The van der Waals surface area contributed by atoms with Crippen molar-refractivity contribution in [1.82, 2.24) is 4.72 Å². The fourth-order valence-electron chi connectivity index (χ4n) is 1.53. The van der Waals surface area contributed by atoms with Gasteiger partial charge in [-0.05, 0) is 32.2 Å². The largest absolute Gasteiger partial charge is 0.377 e. The third-order valence-electron chi connectivity index (χ3n) is 2.42. The number of nitrogens with one attached hydrogen (secondary N) is 1. The van der Waals surface area contributed by atoms with Crippen molar-refractivity contribution in [2.24, 2.45) is 5.73 Å². The lowest BCUT2D eigenvalue weighted by atomic mass is 10.1. The summed E-state index contributed by atoms with van der Waals surface area (Å²) in [7, 11) is -3.15. The van der Waals surface area contributed by atoms with Crippen LogP contribution in [0.3, 0.4) is 0 Å². The second kappa shape index (κ2) is 6.42. The van der Waals surface area contributed by atoms with Crippen molar-refractivity contribution < 1.29 is 13.2 Å². The number of ether oxygens (including phenoxy) is 1. The molecule has 0 amide bonds. The van der Waals surface area contributed by atoms with Crippen molar-refractivity contribution in [1.29, 1.82) is 0 Å². The minimum Gasteiger partial charge on any atom is -0.377 e. The van der Waals surface area contributed by atoms with Crippen LogP contribution >= 0.6 is 0 Å². The summed E-state index contributed by atoms with van der Waals surface area (Å²) in [5.74, 6) is 0.107. The van der Waals surface area contributed by atoms with Crippen molar-refractivity contribution in [3.05, 3.63) is 0 Å². The molecule has 1 aliphatic heterocycles. The molecule has 5 nitrogen and oxygen atoms in total. The molecule has 1 saturated heterocycles. The first-order chi connectivity index (χ1) is 7.14. The molecule has 1 heterocycles. The molecular weight excluding hydrogens is 216 g/mol. The van der Waals surface area contributed by atoms with Gasteiger partial charge in [-0.3, -0.25) is 0 Å². The van der Waals surface area contributed by atoms with Gasteiger partial charge in [0.2, 0.25) is 10.0 Å². The van der Waals surface area contributed by atoms with E-state index in [9.17, 15) is 8.42 Å². The Hall–Kier alpha value is -0.170. The van der Waals surface area contributed by atoms with Crippen LogP contribution in [-0.2, 0) is 14.8 Å². The zero-order valence-corrected chi connectivity index (χ0v) is 9.76. The lowest BCUT2D eigenvalue weighted by molar-refractivity contribution is 0.0200. The van der Waals surface area contributed by atoms with Gasteiger partial charge in [-0.2, -0.15) is 0 Å². The Morgan fingerprint density at radius 1 is 1.40 bits per heavy atom. The van der Waals surface area contributed by atoms with Gasteiger partial charge in [-0.15, -0.1) is 0 Å². The normalized spacial score (nSPS) is 22.9. The van der Waals surface area contributed by atoms with Gasteiger partial charge in [-0.25, -0.2) is 13.1 Å². The molecule has 0 aromatic rings. The van der Waals surface area contributed by atoms with Crippen molar-refractivity contribution in [2.45, 2.75) is 31.8 Å². The van der Waals surface area contributed by atoms with Crippen LogP contribution < -0.4 is 10.5 Å². The van der Waals surface area contributed by atoms with Gasteiger partial charge in [0.15, 0.2) is 0 Å². The predicted molar refractivity (Wildman–Crippen MR) is 59.1 cm³/mol. The van der Waals surface area contributed by atoms with Crippen LogP contribution in [0.25, 0.3) is 0 Å². The summed E-state index contributed by atoms with van der Waals surface area (Å²) in [6.07, 6.45) is 3.69. The predicted octanol–water partition coefficient (Wildman–Crippen LogP) is -0.176. The summed E-state index contributed by atoms with van der Waals surface area (Å²) in [6.45, 7) is 1.54. The second-order valence-electron chi connectivity index (χ2n) is 3.80. The third-order valence-corrected chi connectivity index (χ3v) is 3.85. The molecule has 1 aliphatic rings. The highest BCUT2D eigenvalue weighted by Gasteiger charge is 2.17. The molecule has 0 radical (unpaired) electrons. The van der Waals surface area contributed by atoms with E-state index in [1.807, 2.05) is 0 Å². The number of hydrogen-bond donors (Lipinski definition) is 2. The summed E-state index contributed by atoms with van der Waals surface area (Å²) in [6, 6.07) is 0. The molecule has 0 aliphatic carbocycles. The summed E-state index contributed by atoms with van der Waals surface area (Å²) < 4.78 is 30.8. The summed E-state index contributed by atoms with van der Waals surface area (Å²) in [5, 5.41) is 0. The quantitative estimate of drug-likeness (QED) is 0.670. The van der Waals surface area contributed by atoms with E-state index in [1.54, 1.807) is 0 Å². The molecule has 0 aromatic carbocycles. The van der Waals surface area contributed by atoms with Crippen LogP contribution in [0.2, 0.25) is 0 Å². The zero-order chi connectivity index (χ0) is 11.1. The lowest BCUT2D eigenvalue weighted by Crippen LogP contribution is -2.36. The first-order valence-corrected chi connectivity index (χ1v) is 7.08. The van der Waals surface area contributed by atoms with Gasteiger partial charge >= 0.3 is 0 Å². The van der Waals surface area contributed by atoms with E-state index in [1.165, 1.54) is 0 Å². The van der Waals surface area contributed by atoms with Gasteiger partial charge in [0, 0.05) is 13.2 Å². The van der Waals surface area contributed by atoms with Gasteiger partial charge in [0.25, 0.3) is 0 Å². The average molecular weight is 236 g/mol. The fraction of sp³-hybridized carbons (Fsp3) is 1.00. The van der Waals surface area contributed by atoms with Crippen LogP contribution in [0, 0.1) is 0 Å². The zero-order valence-electron chi connectivity index (χ0n) is 8.94. The van der Waals surface area contributed by atoms with Crippen molar-refractivity contribution in [3.8, 4) is 0 Å². The van der Waals surface area contributed by atoms with Gasteiger partial charge < -0.3 is 10.5 Å². The van der Waals surface area contributed by atoms with Gasteiger partial charge in [0.1, 0.15) is 0 Å². The molecule has 0 bridgehead atoms. The van der Waals surface area contributed by atoms with E-state index < -0.39 is 10.0 Å². The highest BCUT2D eigenvalue weighted by molar-refractivity contribution is 7.89. The minimum absolute atomic E-state index is 0.0476. The Bertz CT molecular complexity index is 261. The second-order valence-corrected chi connectivity index (χ2v) is 5.72. The summed E-state index contributed by atoms with van der Waals surface area (Å²) in [4.78, 5) is 0. The third kappa shape index (κ3) is 5.46. The molecule has 90 valence electrons. The Balaban J connectivity index is 2.22. The van der Waals surface area contributed by atoms with Crippen LogP contribution in [0.1, 0.15) is 25.7 Å². The Morgan fingerprint density at radius 2 is 2.20 bits per heavy atom. The molecule has 1 rings (SSSR count).